The van der Waals surface area contributed by atoms with E-state index in [9.17, 15) is 0 Å². The van der Waals surface area contributed by atoms with E-state index in [4.69, 9.17) is 4.74 Å². The lowest BCUT2D eigenvalue weighted by Crippen LogP contribution is -2.37. The molecule has 0 radical (unpaired) electrons. The molecule has 2 heterocycles. The zero-order chi connectivity index (χ0) is 15.1. The number of nitrogens with one attached hydrogen (secondary N) is 1. The second kappa shape index (κ2) is 8.51. The van der Waals surface area contributed by atoms with Gasteiger partial charge in [0.1, 0.15) is 0 Å². The van der Waals surface area contributed by atoms with Crippen molar-refractivity contribution < 1.29 is 4.74 Å². The largest absolute Gasteiger partial charge is 0.383 e. The Hall–Kier alpha value is -0.910. The molecule has 1 aliphatic heterocycles. The Morgan fingerprint density at radius 1 is 1.38 bits per heavy atom. The number of likely N-dealkylation sites (tertiary alicyclic amines) is 1. The molecule has 120 valence electrons. The molecule has 0 atom stereocenters. The molecule has 0 spiro atoms. The molecule has 5 nitrogen and oxygen atoms in total. The number of nitrogens with zero attached hydrogens (tertiary/aromatic N) is 3. The summed E-state index contributed by atoms with van der Waals surface area (Å²) in [4.78, 5) is 2.53. The van der Waals surface area contributed by atoms with Crippen molar-refractivity contribution in [3.8, 4) is 0 Å². The van der Waals surface area contributed by atoms with Gasteiger partial charge >= 0.3 is 0 Å². The Bertz CT molecular complexity index is 397. The smallest absolute Gasteiger partial charge is 0.0764 e. The van der Waals surface area contributed by atoms with E-state index in [1.807, 2.05) is 4.68 Å². The van der Waals surface area contributed by atoms with E-state index in [2.05, 4.69) is 41.4 Å². The average molecular weight is 294 g/mol. The van der Waals surface area contributed by atoms with Gasteiger partial charge in [0.15, 0.2) is 0 Å². The van der Waals surface area contributed by atoms with Gasteiger partial charge in [-0.3, -0.25) is 9.58 Å². The number of ether oxygens (including phenoxy) is 1. The fraction of sp³-hybridized carbons (Fsp3) is 0.812. The molecular formula is C16H30N4O. The molecular weight excluding hydrogens is 264 g/mol. The van der Waals surface area contributed by atoms with Crippen LogP contribution in [0.2, 0.25) is 0 Å². The summed E-state index contributed by atoms with van der Waals surface area (Å²) in [6.45, 7) is 10.6. The zero-order valence-corrected chi connectivity index (χ0v) is 13.7. The van der Waals surface area contributed by atoms with Gasteiger partial charge in [-0.05, 0) is 58.3 Å². The summed E-state index contributed by atoms with van der Waals surface area (Å²) in [6.07, 6.45) is 4.65. The van der Waals surface area contributed by atoms with Crippen LogP contribution in [0.25, 0.3) is 0 Å². The number of hydrogen-bond acceptors (Lipinski definition) is 4. The predicted molar refractivity (Wildman–Crippen MR) is 85.4 cm³/mol. The Morgan fingerprint density at radius 3 is 2.76 bits per heavy atom. The molecule has 0 aromatic carbocycles. The molecule has 1 aromatic heterocycles. The highest BCUT2D eigenvalue weighted by atomic mass is 16.5. The molecule has 0 aliphatic carbocycles. The maximum absolute atomic E-state index is 5.05. The van der Waals surface area contributed by atoms with Gasteiger partial charge < -0.3 is 10.1 Å². The molecule has 21 heavy (non-hydrogen) atoms. The number of methoxy groups -OCH3 is 1. The van der Waals surface area contributed by atoms with E-state index in [1.165, 1.54) is 31.6 Å². The van der Waals surface area contributed by atoms with Crippen LogP contribution in [0, 0.1) is 5.92 Å². The van der Waals surface area contributed by atoms with E-state index in [0.717, 1.165) is 32.2 Å². The van der Waals surface area contributed by atoms with E-state index < -0.39 is 0 Å². The second-order valence-corrected chi connectivity index (χ2v) is 6.30. The van der Waals surface area contributed by atoms with Crippen LogP contribution < -0.4 is 5.32 Å². The minimum atomic E-state index is 0.447. The first-order chi connectivity index (χ1) is 10.2. The molecule has 1 aromatic rings. The molecule has 1 saturated heterocycles. The minimum absolute atomic E-state index is 0.447. The average Bonchev–Trinajstić information content (AvgIpc) is 2.94. The zero-order valence-electron chi connectivity index (χ0n) is 13.7. The van der Waals surface area contributed by atoms with Crippen molar-refractivity contribution in [2.24, 2.45) is 5.92 Å². The SMILES string of the molecule is COCCNCC1CCN(Cc2ccn(C(C)C)n2)CC1. The summed E-state index contributed by atoms with van der Waals surface area (Å²) in [5, 5.41) is 8.12. The summed E-state index contributed by atoms with van der Waals surface area (Å²) >= 11 is 0. The summed E-state index contributed by atoms with van der Waals surface area (Å²) < 4.78 is 7.10. The lowest BCUT2D eigenvalue weighted by molar-refractivity contribution is 0.166. The fourth-order valence-electron chi connectivity index (χ4n) is 2.81. The van der Waals surface area contributed by atoms with Gasteiger partial charge in [-0.2, -0.15) is 5.10 Å². The molecule has 1 N–H and O–H groups in total. The van der Waals surface area contributed by atoms with Gasteiger partial charge in [-0.15, -0.1) is 0 Å². The third-order valence-corrected chi connectivity index (χ3v) is 4.20. The summed E-state index contributed by atoms with van der Waals surface area (Å²) in [7, 11) is 1.75. The quantitative estimate of drug-likeness (QED) is 0.744. The van der Waals surface area contributed by atoms with Crippen molar-refractivity contribution in [3.63, 3.8) is 0 Å². The van der Waals surface area contributed by atoms with Crippen molar-refractivity contribution in [1.82, 2.24) is 20.0 Å². The molecule has 0 unspecified atom stereocenters. The predicted octanol–water partition coefficient (Wildman–Crippen LogP) is 1.91. The highest BCUT2D eigenvalue weighted by Gasteiger charge is 2.19. The Labute approximate surface area is 128 Å². The second-order valence-electron chi connectivity index (χ2n) is 6.30. The first-order valence-corrected chi connectivity index (χ1v) is 8.15. The van der Waals surface area contributed by atoms with E-state index in [0.29, 0.717) is 6.04 Å². The monoisotopic (exact) mass is 294 g/mol. The number of aromatic nitrogens is 2. The van der Waals surface area contributed by atoms with Crippen LogP contribution in [0.5, 0.6) is 0 Å². The van der Waals surface area contributed by atoms with Crippen LogP contribution >= 0.6 is 0 Å². The van der Waals surface area contributed by atoms with Crippen molar-refractivity contribution >= 4 is 0 Å². The first kappa shape index (κ1) is 16.5. The summed E-state index contributed by atoms with van der Waals surface area (Å²) in [5.74, 6) is 0.811. The maximum Gasteiger partial charge on any atom is 0.0764 e. The standard InChI is InChI=1S/C16H30N4O/c1-14(2)20-10-6-16(18-20)13-19-8-4-15(5-9-19)12-17-7-11-21-3/h6,10,14-15,17H,4-5,7-9,11-13H2,1-3H3. The lowest BCUT2D eigenvalue weighted by atomic mass is 9.96. The summed E-state index contributed by atoms with van der Waals surface area (Å²) in [6, 6.07) is 2.60. The summed E-state index contributed by atoms with van der Waals surface area (Å²) in [5.41, 5.74) is 1.19. The topological polar surface area (TPSA) is 42.3 Å². The van der Waals surface area contributed by atoms with Crippen LogP contribution in [0.15, 0.2) is 12.3 Å². The highest BCUT2D eigenvalue weighted by Crippen LogP contribution is 2.18. The Kier molecular flexibility index (Phi) is 6.67. The van der Waals surface area contributed by atoms with Gasteiger partial charge in [0, 0.05) is 32.4 Å². The van der Waals surface area contributed by atoms with Gasteiger partial charge in [0.2, 0.25) is 0 Å². The van der Waals surface area contributed by atoms with E-state index >= 15 is 0 Å². The first-order valence-electron chi connectivity index (χ1n) is 8.15. The van der Waals surface area contributed by atoms with Crippen LogP contribution in [0.3, 0.4) is 0 Å². The molecule has 0 bridgehead atoms. The molecule has 2 rings (SSSR count). The number of rotatable bonds is 8. The third kappa shape index (κ3) is 5.41. The molecule has 5 heteroatoms. The molecule has 0 amide bonds. The van der Waals surface area contributed by atoms with Gasteiger partial charge in [-0.25, -0.2) is 0 Å². The number of hydrogen-bond donors (Lipinski definition) is 1. The van der Waals surface area contributed by atoms with Crippen LogP contribution in [0.1, 0.15) is 38.4 Å². The van der Waals surface area contributed by atoms with E-state index in [1.54, 1.807) is 7.11 Å². The van der Waals surface area contributed by atoms with Crippen LogP contribution in [-0.4, -0.2) is 54.6 Å². The van der Waals surface area contributed by atoms with Crippen molar-refractivity contribution in [2.75, 3.05) is 39.9 Å². The normalized spacial score (nSPS) is 17.7. The molecule has 0 saturated carbocycles. The Morgan fingerprint density at radius 2 is 2.14 bits per heavy atom. The maximum atomic E-state index is 5.05. The van der Waals surface area contributed by atoms with Gasteiger partial charge in [0.05, 0.1) is 12.3 Å². The highest BCUT2D eigenvalue weighted by molar-refractivity contribution is 4.99. The van der Waals surface area contributed by atoms with Crippen molar-refractivity contribution in [2.45, 2.75) is 39.3 Å². The van der Waals surface area contributed by atoms with Crippen molar-refractivity contribution in [1.29, 1.82) is 0 Å². The molecule has 1 fully saturated rings. The van der Waals surface area contributed by atoms with Gasteiger partial charge in [-0.1, -0.05) is 0 Å². The molecule has 1 aliphatic rings. The van der Waals surface area contributed by atoms with Crippen LogP contribution in [0.4, 0.5) is 0 Å². The number of piperidine rings is 1. The van der Waals surface area contributed by atoms with Gasteiger partial charge in [0.25, 0.3) is 0 Å². The lowest BCUT2D eigenvalue weighted by Gasteiger charge is -2.31. The minimum Gasteiger partial charge on any atom is -0.383 e. The van der Waals surface area contributed by atoms with E-state index in [-0.39, 0.29) is 0 Å². The van der Waals surface area contributed by atoms with Crippen molar-refractivity contribution in [3.05, 3.63) is 18.0 Å². The third-order valence-electron chi connectivity index (χ3n) is 4.20. The Balaban J connectivity index is 1.66. The van der Waals surface area contributed by atoms with Crippen LogP contribution in [-0.2, 0) is 11.3 Å². The fourth-order valence-corrected chi connectivity index (χ4v) is 2.81.